The molecule has 1 aliphatic heterocycles. The van der Waals surface area contributed by atoms with Crippen LogP contribution in [0, 0.1) is 0 Å². The first-order valence-electron chi connectivity index (χ1n) is 13.2. The van der Waals surface area contributed by atoms with Gasteiger partial charge in [-0.05, 0) is 43.0 Å². The summed E-state index contributed by atoms with van der Waals surface area (Å²) in [4.78, 5) is 21.6. The highest BCUT2D eigenvalue weighted by Gasteiger charge is 2.28. The molecule has 2 aromatic heterocycles. The van der Waals surface area contributed by atoms with Gasteiger partial charge in [0.15, 0.2) is 4.96 Å². The molecule has 0 bridgehead atoms. The van der Waals surface area contributed by atoms with Gasteiger partial charge in [-0.3, -0.25) is 9.20 Å². The second-order valence-corrected chi connectivity index (χ2v) is 10.4. The number of hydrogen-bond acceptors (Lipinski definition) is 6. The molecule has 1 amide bonds. The van der Waals surface area contributed by atoms with E-state index in [2.05, 4.69) is 28.8 Å². The summed E-state index contributed by atoms with van der Waals surface area (Å²) in [5.41, 5.74) is 3.92. The molecule has 3 heterocycles. The molecule has 38 heavy (non-hydrogen) atoms. The van der Waals surface area contributed by atoms with Crippen molar-refractivity contribution < 1.29 is 19.0 Å². The van der Waals surface area contributed by atoms with E-state index in [9.17, 15) is 4.79 Å². The first kappa shape index (κ1) is 26.3. The Morgan fingerprint density at radius 3 is 2.76 bits per heavy atom. The minimum Gasteiger partial charge on any atom is -0.497 e. The lowest BCUT2D eigenvalue weighted by molar-refractivity contribution is -0.134. The van der Waals surface area contributed by atoms with E-state index in [4.69, 9.17) is 19.2 Å². The van der Waals surface area contributed by atoms with Crippen molar-refractivity contribution in [3.05, 3.63) is 71.4 Å². The standard InChI is InChI=1S/C30H35N3O4S/c1-4-25(21-9-6-5-7-10-21)29(34)32(18-24-11-8-16-37-24)15-14-22-20-38-30-31-27(19-33(22)30)26-17-23(35-2)12-13-28(26)36-3/h5-7,9-10,12-13,17,19-20,24-25H,4,8,11,14-16,18H2,1-3H3. The third-order valence-electron chi connectivity index (χ3n) is 7.27. The van der Waals surface area contributed by atoms with Crippen LogP contribution in [-0.4, -0.2) is 60.2 Å². The summed E-state index contributed by atoms with van der Waals surface area (Å²) in [5.74, 6) is 1.52. The lowest BCUT2D eigenvalue weighted by Crippen LogP contribution is -2.41. The number of hydrogen-bond donors (Lipinski definition) is 0. The minimum atomic E-state index is -0.152. The van der Waals surface area contributed by atoms with Crippen molar-refractivity contribution >= 4 is 22.2 Å². The molecule has 0 spiro atoms. The third kappa shape index (κ3) is 5.56. The zero-order chi connectivity index (χ0) is 26.5. The van der Waals surface area contributed by atoms with Gasteiger partial charge >= 0.3 is 0 Å². The number of carbonyl (C=O) groups is 1. The fourth-order valence-electron chi connectivity index (χ4n) is 5.19. The number of benzene rings is 2. The van der Waals surface area contributed by atoms with E-state index in [0.717, 1.165) is 71.3 Å². The highest BCUT2D eigenvalue weighted by molar-refractivity contribution is 7.15. The van der Waals surface area contributed by atoms with E-state index in [0.29, 0.717) is 13.1 Å². The Bertz CT molecular complexity index is 1360. The molecule has 2 atom stereocenters. The van der Waals surface area contributed by atoms with Crippen LogP contribution in [0.1, 0.15) is 43.4 Å². The van der Waals surface area contributed by atoms with Gasteiger partial charge < -0.3 is 19.1 Å². The molecule has 2 unspecified atom stereocenters. The number of nitrogens with zero attached hydrogens (tertiary/aromatic N) is 3. The van der Waals surface area contributed by atoms with E-state index in [1.165, 1.54) is 0 Å². The summed E-state index contributed by atoms with van der Waals surface area (Å²) in [6.45, 7) is 4.12. The Balaban J connectivity index is 1.38. The number of imidazole rings is 1. The Morgan fingerprint density at radius 1 is 1.21 bits per heavy atom. The van der Waals surface area contributed by atoms with E-state index >= 15 is 0 Å². The average molecular weight is 534 g/mol. The van der Waals surface area contributed by atoms with Crippen molar-refractivity contribution in [3.63, 3.8) is 0 Å². The van der Waals surface area contributed by atoms with Crippen molar-refractivity contribution in [1.82, 2.24) is 14.3 Å². The van der Waals surface area contributed by atoms with Gasteiger partial charge in [0.05, 0.1) is 31.9 Å². The molecule has 0 N–H and O–H groups in total. The topological polar surface area (TPSA) is 65.3 Å². The number of methoxy groups -OCH3 is 2. The number of fused-ring (bicyclic) bond motifs is 1. The average Bonchev–Trinajstić information content (AvgIpc) is 3.70. The highest BCUT2D eigenvalue weighted by Crippen LogP contribution is 2.34. The van der Waals surface area contributed by atoms with Gasteiger partial charge in [-0.1, -0.05) is 37.3 Å². The summed E-state index contributed by atoms with van der Waals surface area (Å²) in [7, 11) is 3.31. The van der Waals surface area contributed by atoms with Gasteiger partial charge in [0.2, 0.25) is 5.91 Å². The first-order chi connectivity index (χ1) is 18.6. The van der Waals surface area contributed by atoms with Crippen LogP contribution in [0.2, 0.25) is 0 Å². The Labute approximate surface area is 228 Å². The Hall–Kier alpha value is -3.36. The summed E-state index contributed by atoms with van der Waals surface area (Å²) in [5, 5.41) is 2.14. The van der Waals surface area contributed by atoms with Crippen molar-refractivity contribution in [1.29, 1.82) is 0 Å². The fraction of sp³-hybridized carbons (Fsp3) is 0.400. The quantitative estimate of drug-likeness (QED) is 0.243. The molecular formula is C30H35N3O4S. The fourth-order valence-corrected chi connectivity index (χ4v) is 6.09. The lowest BCUT2D eigenvalue weighted by Gasteiger charge is -2.29. The number of thiazole rings is 1. The van der Waals surface area contributed by atoms with E-state index < -0.39 is 0 Å². The summed E-state index contributed by atoms with van der Waals surface area (Å²) in [6, 6.07) is 15.8. The largest absolute Gasteiger partial charge is 0.497 e. The maximum absolute atomic E-state index is 13.8. The summed E-state index contributed by atoms with van der Waals surface area (Å²) >= 11 is 1.61. The van der Waals surface area contributed by atoms with Gasteiger partial charge in [0.25, 0.3) is 0 Å². The molecule has 8 heteroatoms. The normalized spacial score (nSPS) is 16.0. The number of carbonyl (C=O) groups excluding carboxylic acids is 1. The molecule has 5 rings (SSSR count). The third-order valence-corrected chi connectivity index (χ3v) is 8.16. The molecule has 1 fully saturated rings. The van der Waals surface area contributed by atoms with Crippen LogP contribution in [0.15, 0.2) is 60.1 Å². The molecule has 0 aliphatic carbocycles. The van der Waals surface area contributed by atoms with Gasteiger partial charge in [-0.25, -0.2) is 4.98 Å². The van der Waals surface area contributed by atoms with Crippen molar-refractivity contribution in [2.45, 2.75) is 44.6 Å². The minimum absolute atomic E-state index is 0.107. The van der Waals surface area contributed by atoms with Crippen molar-refractivity contribution in [2.75, 3.05) is 33.9 Å². The molecule has 7 nitrogen and oxygen atoms in total. The van der Waals surface area contributed by atoms with Crippen LogP contribution in [0.4, 0.5) is 0 Å². The van der Waals surface area contributed by atoms with Crippen LogP contribution >= 0.6 is 11.3 Å². The number of rotatable bonds is 11. The number of ether oxygens (including phenoxy) is 3. The summed E-state index contributed by atoms with van der Waals surface area (Å²) < 4.78 is 19.1. The molecule has 0 radical (unpaired) electrons. The lowest BCUT2D eigenvalue weighted by atomic mass is 9.94. The smallest absolute Gasteiger partial charge is 0.230 e. The maximum atomic E-state index is 13.8. The second-order valence-electron chi connectivity index (χ2n) is 9.61. The molecular weight excluding hydrogens is 498 g/mol. The van der Waals surface area contributed by atoms with Gasteiger partial charge in [-0.15, -0.1) is 11.3 Å². The monoisotopic (exact) mass is 533 g/mol. The predicted molar refractivity (Wildman–Crippen MR) is 150 cm³/mol. The van der Waals surface area contributed by atoms with Crippen LogP contribution in [0.25, 0.3) is 16.2 Å². The highest BCUT2D eigenvalue weighted by atomic mass is 32.1. The molecule has 1 saturated heterocycles. The van der Waals surface area contributed by atoms with Crippen LogP contribution in [0.5, 0.6) is 11.5 Å². The number of amides is 1. The van der Waals surface area contributed by atoms with E-state index in [-0.39, 0.29) is 17.9 Å². The molecule has 1 aliphatic rings. The van der Waals surface area contributed by atoms with Crippen LogP contribution in [-0.2, 0) is 16.0 Å². The Kier molecular flexibility index (Phi) is 8.29. The Morgan fingerprint density at radius 2 is 2.05 bits per heavy atom. The van der Waals surface area contributed by atoms with Gasteiger partial charge in [-0.2, -0.15) is 0 Å². The predicted octanol–water partition coefficient (Wildman–Crippen LogP) is 5.82. The number of aromatic nitrogens is 2. The molecule has 200 valence electrons. The van der Waals surface area contributed by atoms with Gasteiger partial charge in [0.1, 0.15) is 11.5 Å². The molecule has 0 saturated carbocycles. The van der Waals surface area contributed by atoms with E-state index in [1.54, 1.807) is 25.6 Å². The second kappa shape index (κ2) is 12.0. The van der Waals surface area contributed by atoms with Crippen LogP contribution < -0.4 is 9.47 Å². The maximum Gasteiger partial charge on any atom is 0.230 e. The summed E-state index contributed by atoms with van der Waals surface area (Å²) in [6.07, 6.45) is 5.70. The first-order valence-corrected chi connectivity index (χ1v) is 14.1. The van der Waals surface area contributed by atoms with Crippen LogP contribution in [0.3, 0.4) is 0 Å². The van der Waals surface area contributed by atoms with E-state index in [1.807, 2.05) is 47.5 Å². The van der Waals surface area contributed by atoms with Gasteiger partial charge in [0, 0.05) is 49.0 Å². The molecule has 4 aromatic rings. The molecule has 2 aromatic carbocycles. The zero-order valence-electron chi connectivity index (χ0n) is 22.3. The van der Waals surface area contributed by atoms with Crippen molar-refractivity contribution in [2.24, 2.45) is 0 Å². The van der Waals surface area contributed by atoms with Crippen molar-refractivity contribution in [3.8, 4) is 22.8 Å². The SMILES string of the molecule is CCC(C(=O)N(CCc1csc2nc(-c3cc(OC)ccc3OC)cn12)CC1CCCO1)c1ccccc1. The zero-order valence-corrected chi connectivity index (χ0v) is 23.1.